The lowest BCUT2D eigenvalue weighted by molar-refractivity contribution is -0.146. The van der Waals surface area contributed by atoms with Crippen molar-refractivity contribution < 1.29 is 19.1 Å². The molecular formula is C22H24N2O4. The lowest BCUT2D eigenvalue weighted by Crippen LogP contribution is -2.47. The van der Waals surface area contributed by atoms with Crippen LogP contribution in [0.25, 0.3) is 6.08 Å². The van der Waals surface area contributed by atoms with E-state index < -0.39 is 23.8 Å². The molecule has 0 bridgehead atoms. The van der Waals surface area contributed by atoms with Gasteiger partial charge in [0.25, 0.3) is 11.8 Å². The molecule has 0 saturated carbocycles. The second-order valence-electron chi connectivity index (χ2n) is 6.51. The first kappa shape index (κ1) is 20.9. The molecule has 1 atom stereocenters. The van der Waals surface area contributed by atoms with Gasteiger partial charge in [-0.15, -0.1) is 0 Å². The van der Waals surface area contributed by atoms with Crippen molar-refractivity contribution in [2.75, 3.05) is 7.11 Å². The van der Waals surface area contributed by atoms with Crippen molar-refractivity contribution in [1.29, 1.82) is 0 Å². The SMILES string of the molecule is COC(=O)[C@H](NC(=O)/C(=C\c1ccccc1)NC(=O)c1ccccc1)C(C)C. The van der Waals surface area contributed by atoms with Crippen molar-refractivity contribution in [2.45, 2.75) is 19.9 Å². The summed E-state index contributed by atoms with van der Waals surface area (Å²) in [6.07, 6.45) is 1.56. The molecule has 0 heterocycles. The number of nitrogens with one attached hydrogen (secondary N) is 2. The summed E-state index contributed by atoms with van der Waals surface area (Å²) in [5, 5.41) is 5.29. The molecule has 2 aromatic carbocycles. The predicted molar refractivity (Wildman–Crippen MR) is 107 cm³/mol. The van der Waals surface area contributed by atoms with Gasteiger partial charge in [-0.25, -0.2) is 4.79 Å². The van der Waals surface area contributed by atoms with Crippen LogP contribution >= 0.6 is 0 Å². The van der Waals surface area contributed by atoms with E-state index in [1.54, 1.807) is 50.3 Å². The van der Waals surface area contributed by atoms with Crippen molar-refractivity contribution in [3.63, 3.8) is 0 Å². The van der Waals surface area contributed by atoms with E-state index in [0.29, 0.717) is 5.56 Å². The first-order chi connectivity index (χ1) is 13.4. The monoisotopic (exact) mass is 380 g/mol. The van der Waals surface area contributed by atoms with Crippen LogP contribution in [0.2, 0.25) is 0 Å². The molecule has 0 aliphatic heterocycles. The molecule has 2 N–H and O–H groups in total. The van der Waals surface area contributed by atoms with Crippen LogP contribution in [0.4, 0.5) is 0 Å². The smallest absolute Gasteiger partial charge is 0.328 e. The molecule has 2 aromatic rings. The molecular weight excluding hydrogens is 356 g/mol. The topological polar surface area (TPSA) is 84.5 Å². The van der Waals surface area contributed by atoms with Crippen molar-refractivity contribution in [2.24, 2.45) is 5.92 Å². The third-order valence-electron chi connectivity index (χ3n) is 4.05. The molecule has 0 saturated heterocycles. The molecule has 0 unspecified atom stereocenters. The highest BCUT2D eigenvalue weighted by Gasteiger charge is 2.26. The summed E-state index contributed by atoms with van der Waals surface area (Å²) >= 11 is 0. The molecule has 2 amide bonds. The molecule has 0 aromatic heterocycles. The summed E-state index contributed by atoms with van der Waals surface area (Å²) in [6, 6.07) is 16.9. The zero-order chi connectivity index (χ0) is 20.5. The average molecular weight is 380 g/mol. The van der Waals surface area contributed by atoms with Gasteiger partial charge in [-0.3, -0.25) is 9.59 Å². The first-order valence-corrected chi connectivity index (χ1v) is 8.94. The van der Waals surface area contributed by atoms with E-state index in [2.05, 4.69) is 10.6 Å². The fraction of sp³-hybridized carbons (Fsp3) is 0.227. The highest BCUT2D eigenvalue weighted by atomic mass is 16.5. The standard InChI is InChI=1S/C22H24N2O4/c1-15(2)19(22(27)28-3)24-21(26)18(14-16-10-6-4-7-11-16)23-20(25)17-12-8-5-9-13-17/h4-15,19H,1-3H3,(H,23,25)(H,24,26)/b18-14+/t19-/m1/s1. The van der Waals surface area contributed by atoms with Gasteiger partial charge >= 0.3 is 5.97 Å². The van der Waals surface area contributed by atoms with Crippen LogP contribution in [0, 0.1) is 5.92 Å². The Morgan fingerprint density at radius 2 is 1.50 bits per heavy atom. The zero-order valence-corrected chi connectivity index (χ0v) is 16.1. The van der Waals surface area contributed by atoms with Crippen LogP contribution in [-0.2, 0) is 14.3 Å². The molecule has 0 aliphatic carbocycles. The number of hydrogen-bond donors (Lipinski definition) is 2. The van der Waals surface area contributed by atoms with Crippen LogP contribution in [-0.4, -0.2) is 30.9 Å². The van der Waals surface area contributed by atoms with Gasteiger partial charge in [0.1, 0.15) is 11.7 Å². The van der Waals surface area contributed by atoms with Crippen LogP contribution < -0.4 is 10.6 Å². The highest BCUT2D eigenvalue weighted by molar-refractivity contribution is 6.06. The second kappa shape index (κ2) is 10.1. The minimum absolute atomic E-state index is 0.0367. The van der Waals surface area contributed by atoms with Gasteiger partial charge in [-0.1, -0.05) is 62.4 Å². The molecule has 146 valence electrons. The van der Waals surface area contributed by atoms with E-state index in [1.807, 2.05) is 30.3 Å². The number of amides is 2. The molecule has 0 fully saturated rings. The summed E-state index contributed by atoms with van der Waals surface area (Å²) in [7, 11) is 1.27. The van der Waals surface area contributed by atoms with E-state index >= 15 is 0 Å². The lowest BCUT2D eigenvalue weighted by Gasteiger charge is -2.21. The number of benzene rings is 2. The Bertz CT molecular complexity index is 845. The molecule has 0 aliphatic rings. The Morgan fingerprint density at radius 1 is 0.929 bits per heavy atom. The summed E-state index contributed by atoms with van der Waals surface area (Å²) in [5.74, 6) is -1.72. The third kappa shape index (κ3) is 5.81. The van der Waals surface area contributed by atoms with E-state index in [4.69, 9.17) is 4.74 Å². The second-order valence-corrected chi connectivity index (χ2v) is 6.51. The van der Waals surface area contributed by atoms with E-state index in [9.17, 15) is 14.4 Å². The van der Waals surface area contributed by atoms with E-state index in [1.165, 1.54) is 7.11 Å². The third-order valence-corrected chi connectivity index (χ3v) is 4.05. The number of carbonyl (C=O) groups excluding carboxylic acids is 3. The quantitative estimate of drug-likeness (QED) is 0.571. The Kier molecular flexibility index (Phi) is 7.51. The fourth-order valence-corrected chi connectivity index (χ4v) is 2.50. The molecule has 0 radical (unpaired) electrons. The van der Waals surface area contributed by atoms with Crippen molar-refractivity contribution in [3.05, 3.63) is 77.5 Å². The number of rotatable bonds is 7. The molecule has 6 nitrogen and oxygen atoms in total. The van der Waals surface area contributed by atoms with Gasteiger partial charge in [0.05, 0.1) is 7.11 Å². The van der Waals surface area contributed by atoms with Crippen LogP contribution in [0.5, 0.6) is 0 Å². The van der Waals surface area contributed by atoms with Crippen molar-refractivity contribution >= 4 is 23.9 Å². The minimum Gasteiger partial charge on any atom is -0.467 e. The fourth-order valence-electron chi connectivity index (χ4n) is 2.50. The summed E-state index contributed by atoms with van der Waals surface area (Å²) in [4.78, 5) is 37.4. The van der Waals surface area contributed by atoms with E-state index in [0.717, 1.165) is 5.56 Å². The average Bonchev–Trinajstić information content (AvgIpc) is 2.71. The number of esters is 1. The van der Waals surface area contributed by atoms with E-state index in [-0.39, 0.29) is 11.6 Å². The summed E-state index contributed by atoms with van der Waals surface area (Å²) < 4.78 is 4.76. The van der Waals surface area contributed by atoms with Crippen LogP contribution in [0.1, 0.15) is 29.8 Å². The normalized spacial score (nSPS) is 12.2. The van der Waals surface area contributed by atoms with Crippen molar-refractivity contribution in [3.8, 4) is 0 Å². The summed E-state index contributed by atoms with van der Waals surface area (Å²) in [6.45, 7) is 3.59. The molecule has 6 heteroatoms. The number of hydrogen-bond acceptors (Lipinski definition) is 4. The highest BCUT2D eigenvalue weighted by Crippen LogP contribution is 2.09. The Balaban J connectivity index is 2.30. The Hall–Kier alpha value is -3.41. The number of ether oxygens (including phenoxy) is 1. The van der Waals surface area contributed by atoms with Gasteiger partial charge < -0.3 is 15.4 Å². The minimum atomic E-state index is -0.828. The number of methoxy groups -OCH3 is 1. The van der Waals surface area contributed by atoms with Gasteiger partial charge in [-0.05, 0) is 29.7 Å². The van der Waals surface area contributed by atoms with Crippen molar-refractivity contribution in [1.82, 2.24) is 10.6 Å². The van der Waals surface area contributed by atoms with Gasteiger partial charge in [0.15, 0.2) is 0 Å². The van der Waals surface area contributed by atoms with Gasteiger partial charge in [0.2, 0.25) is 0 Å². The summed E-state index contributed by atoms with van der Waals surface area (Å²) in [5.41, 5.74) is 1.19. The Labute approximate surface area is 164 Å². The van der Waals surface area contributed by atoms with Crippen LogP contribution in [0.3, 0.4) is 0 Å². The predicted octanol–water partition coefficient (Wildman–Crippen LogP) is 2.77. The maximum Gasteiger partial charge on any atom is 0.328 e. The maximum absolute atomic E-state index is 12.8. The molecule has 28 heavy (non-hydrogen) atoms. The largest absolute Gasteiger partial charge is 0.467 e. The zero-order valence-electron chi connectivity index (χ0n) is 16.1. The maximum atomic E-state index is 12.8. The van der Waals surface area contributed by atoms with Crippen LogP contribution in [0.15, 0.2) is 66.4 Å². The van der Waals surface area contributed by atoms with Gasteiger partial charge in [0, 0.05) is 5.56 Å². The molecule has 0 spiro atoms. The Morgan fingerprint density at radius 3 is 2.04 bits per heavy atom. The molecule has 2 rings (SSSR count). The number of carbonyl (C=O) groups is 3. The first-order valence-electron chi connectivity index (χ1n) is 8.94. The van der Waals surface area contributed by atoms with Gasteiger partial charge in [-0.2, -0.15) is 0 Å². The lowest BCUT2D eigenvalue weighted by atomic mass is 10.0.